The molecule has 5 nitrogen and oxygen atoms in total. The molecule has 0 bridgehead atoms. The number of hydrogen-bond donors (Lipinski definition) is 1. The monoisotopic (exact) mass is 455 g/mol. The number of piperazine rings is 1. The van der Waals surface area contributed by atoms with Gasteiger partial charge in [0.25, 0.3) is 5.91 Å². The van der Waals surface area contributed by atoms with E-state index in [2.05, 4.69) is 5.32 Å². The summed E-state index contributed by atoms with van der Waals surface area (Å²) in [5.41, 5.74) is 0.357. The molecule has 0 aliphatic carbocycles. The predicted octanol–water partition coefficient (Wildman–Crippen LogP) is 4.33. The fourth-order valence-electron chi connectivity index (χ4n) is 3.97. The minimum absolute atomic E-state index is 0.0856. The van der Waals surface area contributed by atoms with Crippen LogP contribution in [0.2, 0.25) is 0 Å². The van der Waals surface area contributed by atoms with Gasteiger partial charge >= 0.3 is 6.18 Å². The molecule has 0 unspecified atom stereocenters. The number of benzene rings is 3. The van der Waals surface area contributed by atoms with Crippen LogP contribution in [0.25, 0.3) is 10.8 Å². The number of carbonyl (C=O) groups excluding carboxylic acids is 2. The smallest absolute Gasteiger partial charge is 0.368 e. The topological polar surface area (TPSA) is 52.7 Å². The van der Waals surface area contributed by atoms with E-state index < -0.39 is 11.7 Å². The average molecular weight is 455 g/mol. The van der Waals surface area contributed by atoms with Gasteiger partial charge in [-0.25, -0.2) is 0 Å². The van der Waals surface area contributed by atoms with Crippen molar-refractivity contribution in [3.63, 3.8) is 0 Å². The zero-order chi connectivity index (χ0) is 23.4. The Balaban J connectivity index is 1.25. The van der Waals surface area contributed by atoms with Gasteiger partial charge in [0.05, 0.1) is 5.56 Å². The van der Waals surface area contributed by atoms with Crippen molar-refractivity contribution >= 4 is 28.3 Å². The summed E-state index contributed by atoms with van der Waals surface area (Å²) < 4.78 is 38.9. The van der Waals surface area contributed by atoms with Crippen molar-refractivity contribution in [1.82, 2.24) is 10.2 Å². The highest BCUT2D eigenvalue weighted by atomic mass is 19.4. The highest BCUT2D eigenvalue weighted by Gasteiger charge is 2.31. The van der Waals surface area contributed by atoms with Gasteiger partial charge in [-0.2, -0.15) is 13.2 Å². The number of amides is 2. The number of rotatable bonds is 5. The second-order valence-electron chi connectivity index (χ2n) is 7.98. The molecule has 1 aliphatic rings. The molecule has 0 spiro atoms. The SMILES string of the molecule is O=C(NCCC(=O)N1CCN(c2cccc(C(F)(F)F)c2)CC1)c1ccc2ccccc2c1. The summed E-state index contributed by atoms with van der Waals surface area (Å²) in [7, 11) is 0. The average Bonchev–Trinajstić information content (AvgIpc) is 2.83. The van der Waals surface area contributed by atoms with Crippen molar-refractivity contribution < 1.29 is 22.8 Å². The van der Waals surface area contributed by atoms with Crippen molar-refractivity contribution in [2.75, 3.05) is 37.6 Å². The third-order valence-electron chi connectivity index (χ3n) is 5.81. The molecule has 172 valence electrons. The molecule has 1 N–H and O–H groups in total. The molecule has 3 aromatic carbocycles. The number of alkyl halides is 3. The van der Waals surface area contributed by atoms with Gasteiger partial charge in [0.1, 0.15) is 0 Å². The molecule has 4 rings (SSSR count). The van der Waals surface area contributed by atoms with Crippen molar-refractivity contribution in [2.45, 2.75) is 12.6 Å². The number of halogens is 3. The van der Waals surface area contributed by atoms with Crippen molar-refractivity contribution in [3.05, 3.63) is 77.9 Å². The lowest BCUT2D eigenvalue weighted by molar-refractivity contribution is -0.137. The number of nitrogens with one attached hydrogen (secondary N) is 1. The fourth-order valence-corrected chi connectivity index (χ4v) is 3.97. The van der Waals surface area contributed by atoms with Crippen LogP contribution < -0.4 is 10.2 Å². The Morgan fingerprint density at radius 2 is 1.58 bits per heavy atom. The van der Waals surface area contributed by atoms with E-state index in [1.165, 1.54) is 6.07 Å². The van der Waals surface area contributed by atoms with Crippen molar-refractivity contribution in [2.24, 2.45) is 0 Å². The zero-order valence-corrected chi connectivity index (χ0v) is 17.9. The summed E-state index contributed by atoms with van der Waals surface area (Å²) in [6.45, 7) is 1.98. The van der Waals surface area contributed by atoms with E-state index in [1.54, 1.807) is 17.0 Å². The van der Waals surface area contributed by atoms with Gasteiger partial charge in [0.15, 0.2) is 0 Å². The Morgan fingerprint density at radius 3 is 2.30 bits per heavy atom. The van der Waals surface area contributed by atoms with Gasteiger partial charge in [0.2, 0.25) is 5.91 Å². The number of carbonyl (C=O) groups is 2. The van der Waals surface area contributed by atoms with Gasteiger partial charge in [-0.05, 0) is 41.1 Å². The van der Waals surface area contributed by atoms with Gasteiger partial charge in [0, 0.05) is 50.4 Å². The summed E-state index contributed by atoms with van der Waals surface area (Å²) in [6.07, 6.45) is -4.21. The van der Waals surface area contributed by atoms with Crippen LogP contribution in [0.5, 0.6) is 0 Å². The van der Waals surface area contributed by atoms with Crippen LogP contribution in [0.15, 0.2) is 66.7 Å². The molecule has 3 aromatic rings. The summed E-state index contributed by atoms with van der Waals surface area (Å²) in [6, 6.07) is 18.5. The largest absolute Gasteiger partial charge is 0.416 e. The van der Waals surface area contributed by atoms with Crippen LogP contribution in [0.1, 0.15) is 22.3 Å². The van der Waals surface area contributed by atoms with Gasteiger partial charge in [-0.15, -0.1) is 0 Å². The standard InChI is InChI=1S/C25H24F3N3O2/c26-25(27,28)21-6-3-7-22(17-21)30-12-14-31(15-13-30)23(32)10-11-29-24(33)20-9-8-18-4-1-2-5-19(18)16-20/h1-9,16-17H,10-15H2,(H,29,33). The van der Waals surface area contributed by atoms with E-state index in [4.69, 9.17) is 0 Å². The fraction of sp³-hybridized carbons (Fsp3) is 0.280. The van der Waals surface area contributed by atoms with Gasteiger partial charge in [-0.3, -0.25) is 9.59 Å². The summed E-state index contributed by atoms with van der Waals surface area (Å²) in [4.78, 5) is 28.5. The number of anilines is 1. The first-order valence-electron chi connectivity index (χ1n) is 10.8. The molecule has 0 saturated carbocycles. The maximum absolute atomic E-state index is 13.0. The Hall–Kier alpha value is -3.55. The number of nitrogens with zero attached hydrogens (tertiary/aromatic N) is 2. The van der Waals surface area contributed by atoms with Crippen molar-refractivity contribution in [1.29, 1.82) is 0 Å². The third kappa shape index (κ3) is 5.45. The maximum atomic E-state index is 13.0. The predicted molar refractivity (Wildman–Crippen MR) is 121 cm³/mol. The summed E-state index contributed by atoms with van der Waals surface area (Å²) in [5.74, 6) is -0.319. The van der Waals surface area contributed by atoms with Crippen LogP contribution in [0.4, 0.5) is 18.9 Å². The molecule has 0 atom stereocenters. The Labute approximate surface area is 189 Å². The quantitative estimate of drug-likeness (QED) is 0.623. The molecule has 1 aliphatic heterocycles. The minimum atomic E-state index is -4.38. The summed E-state index contributed by atoms with van der Waals surface area (Å²) in [5, 5.41) is 4.81. The van der Waals surface area contributed by atoms with E-state index in [9.17, 15) is 22.8 Å². The lowest BCUT2D eigenvalue weighted by Gasteiger charge is -2.36. The lowest BCUT2D eigenvalue weighted by Crippen LogP contribution is -2.49. The van der Waals surface area contributed by atoms with Crippen LogP contribution in [-0.2, 0) is 11.0 Å². The molecule has 1 heterocycles. The lowest BCUT2D eigenvalue weighted by atomic mass is 10.1. The van der Waals surface area contributed by atoms with Crippen LogP contribution in [-0.4, -0.2) is 49.4 Å². The van der Waals surface area contributed by atoms with E-state index >= 15 is 0 Å². The molecular formula is C25H24F3N3O2. The summed E-state index contributed by atoms with van der Waals surface area (Å²) >= 11 is 0. The minimum Gasteiger partial charge on any atom is -0.368 e. The first-order valence-corrected chi connectivity index (χ1v) is 10.8. The molecule has 8 heteroatoms. The van der Waals surface area contributed by atoms with Gasteiger partial charge < -0.3 is 15.1 Å². The zero-order valence-electron chi connectivity index (χ0n) is 17.9. The van der Waals surface area contributed by atoms with E-state index in [0.717, 1.165) is 22.9 Å². The highest BCUT2D eigenvalue weighted by molar-refractivity contribution is 5.98. The second kappa shape index (κ2) is 9.52. The van der Waals surface area contributed by atoms with E-state index in [0.29, 0.717) is 37.4 Å². The van der Waals surface area contributed by atoms with Crippen LogP contribution >= 0.6 is 0 Å². The maximum Gasteiger partial charge on any atom is 0.416 e. The molecule has 2 amide bonds. The first-order chi connectivity index (χ1) is 15.8. The van der Waals surface area contributed by atoms with Gasteiger partial charge in [-0.1, -0.05) is 36.4 Å². The Kier molecular flexibility index (Phi) is 6.53. The number of fused-ring (bicyclic) bond motifs is 1. The molecule has 0 aromatic heterocycles. The molecule has 33 heavy (non-hydrogen) atoms. The Bertz CT molecular complexity index is 1150. The first kappa shape index (κ1) is 22.6. The molecule has 0 radical (unpaired) electrons. The third-order valence-corrected chi connectivity index (χ3v) is 5.81. The van der Waals surface area contributed by atoms with E-state index in [1.807, 2.05) is 41.3 Å². The highest BCUT2D eigenvalue weighted by Crippen LogP contribution is 2.31. The van der Waals surface area contributed by atoms with Crippen molar-refractivity contribution in [3.8, 4) is 0 Å². The second-order valence-corrected chi connectivity index (χ2v) is 7.98. The van der Waals surface area contributed by atoms with E-state index in [-0.39, 0.29) is 24.8 Å². The molecule has 1 saturated heterocycles. The number of hydrogen-bond acceptors (Lipinski definition) is 3. The molecular weight excluding hydrogens is 431 g/mol. The molecule has 1 fully saturated rings. The van der Waals surface area contributed by atoms with Crippen LogP contribution in [0, 0.1) is 0 Å². The Morgan fingerprint density at radius 1 is 0.848 bits per heavy atom. The van der Waals surface area contributed by atoms with Crippen LogP contribution in [0.3, 0.4) is 0 Å². The normalized spacial score (nSPS) is 14.4.